The molecule has 5 heteroatoms. The first-order chi connectivity index (χ1) is 11.9. The molecule has 0 saturated heterocycles. The number of aromatic nitrogens is 5. The highest BCUT2D eigenvalue weighted by Gasteiger charge is 1.89. The van der Waals surface area contributed by atoms with Gasteiger partial charge in [0.05, 0.1) is 34.7 Å². The van der Waals surface area contributed by atoms with E-state index in [0.717, 1.165) is 22.1 Å². The summed E-state index contributed by atoms with van der Waals surface area (Å²) in [5, 5.41) is 0. The van der Waals surface area contributed by atoms with Gasteiger partial charge < -0.3 is 9.97 Å². The Morgan fingerprint density at radius 1 is 0.542 bits per heavy atom. The molecule has 0 atom stereocenters. The highest BCUT2D eigenvalue weighted by atomic mass is 14.9. The Morgan fingerprint density at radius 2 is 1.04 bits per heavy atom. The number of fused-ring (bicyclic) bond motifs is 2. The Morgan fingerprint density at radius 3 is 1.42 bits per heavy atom. The maximum Gasteiger partial charge on any atom is 0.0931 e. The van der Waals surface area contributed by atoms with E-state index < -0.39 is 0 Å². The molecule has 24 heavy (non-hydrogen) atoms. The van der Waals surface area contributed by atoms with Crippen molar-refractivity contribution >= 4 is 22.1 Å². The summed E-state index contributed by atoms with van der Waals surface area (Å²) in [5.74, 6) is 0. The molecule has 0 spiro atoms. The van der Waals surface area contributed by atoms with Crippen molar-refractivity contribution in [3.63, 3.8) is 0 Å². The van der Waals surface area contributed by atoms with E-state index in [0.29, 0.717) is 0 Å². The van der Waals surface area contributed by atoms with Crippen LogP contribution in [0.1, 0.15) is 0 Å². The van der Waals surface area contributed by atoms with Crippen LogP contribution in [0.4, 0.5) is 0 Å². The van der Waals surface area contributed by atoms with Crippen LogP contribution in [-0.2, 0) is 0 Å². The third-order valence-corrected chi connectivity index (χ3v) is 3.22. The van der Waals surface area contributed by atoms with Crippen LogP contribution >= 0.6 is 0 Å². The van der Waals surface area contributed by atoms with Crippen LogP contribution in [0.2, 0.25) is 0 Å². The van der Waals surface area contributed by atoms with E-state index in [2.05, 4.69) is 24.9 Å². The topological polar surface area (TPSA) is 70.2 Å². The van der Waals surface area contributed by atoms with E-state index in [1.807, 2.05) is 66.7 Å². The number of rotatable bonds is 0. The third-order valence-electron chi connectivity index (χ3n) is 3.22. The molecule has 118 valence electrons. The Bertz CT molecular complexity index is 819. The Kier molecular flexibility index (Phi) is 5.30. The molecule has 0 radical (unpaired) electrons. The molecule has 0 aliphatic heterocycles. The zero-order valence-corrected chi connectivity index (χ0v) is 13.0. The summed E-state index contributed by atoms with van der Waals surface area (Å²) >= 11 is 0. The van der Waals surface area contributed by atoms with Gasteiger partial charge in [-0.2, -0.15) is 0 Å². The molecule has 3 heterocycles. The second-order valence-electron chi connectivity index (χ2n) is 4.86. The van der Waals surface area contributed by atoms with Crippen molar-refractivity contribution in [3.8, 4) is 0 Å². The molecule has 5 rings (SSSR count). The fourth-order valence-electron chi connectivity index (χ4n) is 2.07. The summed E-state index contributed by atoms with van der Waals surface area (Å²) in [6, 6.07) is 21.6. The molecule has 2 N–H and O–H groups in total. The number of aromatic amines is 2. The van der Waals surface area contributed by atoms with Crippen LogP contribution in [0.5, 0.6) is 0 Å². The highest BCUT2D eigenvalue weighted by molar-refractivity contribution is 5.74. The van der Waals surface area contributed by atoms with Crippen LogP contribution in [-0.4, -0.2) is 24.9 Å². The van der Waals surface area contributed by atoms with Gasteiger partial charge in [0.15, 0.2) is 0 Å². The average Bonchev–Trinajstić information content (AvgIpc) is 3.33. The smallest absolute Gasteiger partial charge is 0.0931 e. The van der Waals surface area contributed by atoms with Crippen molar-refractivity contribution in [2.45, 2.75) is 0 Å². The molecule has 0 aliphatic rings. The first kappa shape index (κ1) is 15.4. The number of pyridine rings is 1. The minimum atomic E-state index is 1.03. The SMILES string of the molecule is c1ccc2[nH]cnc2c1.c1ccc2[nH]cnc2c1.c1ccncc1. The van der Waals surface area contributed by atoms with Crippen molar-refractivity contribution in [3.05, 3.63) is 91.8 Å². The van der Waals surface area contributed by atoms with Crippen molar-refractivity contribution in [1.82, 2.24) is 24.9 Å². The first-order valence-electron chi connectivity index (χ1n) is 7.55. The molecule has 0 saturated carbocycles. The maximum atomic E-state index is 4.06. The predicted molar refractivity (Wildman–Crippen MR) is 96.4 cm³/mol. The number of H-pyrrole nitrogens is 2. The summed E-state index contributed by atoms with van der Waals surface area (Å²) in [6.07, 6.45) is 6.90. The lowest BCUT2D eigenvalue weighted by atomic mass is 10.3. The van der Waals surface area contributed by atoms with Crippen LogP contribution in [0.25, 0.3) is 22.1 Å². The number of imidazole rings is 2. The molecule has 5 nitrogen and oxygen atoms in total. The quantitative estimate of drug-likeness (QED) is 0.450. The van der Waals surface area contributed by atoms with Gasteiger partial charge in [0.2, 0.25) is 0 Å². The van der Waals surface area contributed by atoms with E-state index in [1.165, 1.54) is 0 Å². The Balaban J connectivity index is 0.000000108. The fraction of sp³-hybridized carbons (Fsp3) is 0. The van der Waals surface area contributed by atoms with Gasteiger partial charge in [0.1, 0.15) is 0 Å². The predicted octanol–water partition coefficient (Wildman–Crippen LogP) is 4.21. The van der Waals surface area contributed by atoms with E-state index in [-0.39, 0.29) is 0 Å². The number of para-hydroxylation sites is 4. The van der Waals surface area contributed by atoms with Gasteiger partial charge >= 0.3 is 0 Å². The Labute approximate surface area is 139 Å². The first-order valence-corrected chi connectivity index (χ1v) is 7.55. The minimum absolute atomic E-state index is 1.03. The number of nitrogens with one attached hydrogen (secondary N) is 2. The Hall–Kier alpha value is -3.47. The molecule has 0 fully saturated rings. The molecule has 0 unspecified atom stereocenters. The molecule has 0 aliphatic carbocycles. The van der Waals surface area contributed by atoms with Gasteiger partial charge in [-0.05, 0) is 36.4 Å². The summed E-state index contributed by atoms with van der Waals surface area (Å²) in [6.45, 7) is 0. The lowest BCUT2D eigenvalue weighted by molar-refractivity contribution is 1.33. The fourth-order valence-corrected chi connectivity index (χ4v) is 2.07. The summed E-state index contributed by atoms with van der Waals surface area (Å²) in [4.78, 5) is 17.9. The van der Waals surface area contributed by atoms with Crippen LogP contribution < -0.4 is 0 Å². The number of benzene rings is 2. The standard InChI is InChI=1S/2C7H6N2.C5H5N/c2*1-2-4-7-6(3-1)8-5-9-7;1-2-4-6-5-3-1/h2*1-5H,(H,8,9);1-5H. The van der Waals surface area contributed by atoms with Gasteiger partial charge in [-0.1, -0.05) is 30.3 Å². The van der Waals surface area contributed by atoms with Gasteiger partial charge in [-0.15, -0.1) is 0 Å². The van der Waals surface area contributed by atoms with E-state index in [9.17, 15) is 0 Å². The normalized spacial score (nSPS) is 9.67. The van der Waals surface area contributed by atoms with Gasteiger partial charge in [-0.3, -0.25) is 4.98 Å². The lowest BCUT2D eigenvalue weighted by Crippen LogP contribution is -1.63. The minimum Gasteiger partial charge on any atom is -0.345 e. The monoisotopic (exact) mass is 315 g/mol. The summed E-state index contributed by atoms with van der Waals surface area (Å²) in [7, 11) is 0. The van der Waals surface area contributed by atoms with Crippen molar-refractivity contribution in [1.29, 1.82) is 0 Å². The van der Waals surface area contributed by atoms with Crippen LogP contribution in [0, 0.1) is 0 Å². The van der Waals surface area contributed by atoms with E-state index in [4.69, 9.17) is 0 Å². The number of hydrogen-bond donors (Lipinski definition) is 2. The zero-order chi connectivity index (χ0) is 16.5. The second-order valence-corrected chi connectivity index (χ2v) is 4.86. The summed E-state index contributed by atoms with van der Waals surface area (Å²) < 4.78 is 0. The largest absolute Gasteiger partial charge is 0.345 e. The highest BCUT2D eigenvalue weighted by Crippen LogP contribution is 2.06. The molecule has 2 aromatic carbocycles. The van der Waals surface area contributed by atoms with Gasteiger partial charge in [0, 0.05) is 12.4 Å². The van der Waals surface area contributed by atoms with E-state index in [1.54, 1.807) is 25.0 Å². The number of hydrogen-bond acceptors (Lipinski definition) is 3. The molecule has 3 aromatic heterocycles. The molecular weight excluding hydrogens is 298 g/mol. The molecule has 0 amide bonds. The van der Waals surface area contributed by atoms with E-state index >= 15 is 0 Å². The molecule has 0 bridgehead atoms. The second kappa shape index (κ2) is 8.24. The average molecular weight is 315 g/mol. The maximum absolute atomic E-state index is 4.06. The van der Waals surface area contributed by atoms with Gasteiger partial charge in [0.25, 0.3) is 0 Å². The van der Waals surface area contributed by atoms with Crippen molar-refractivity contribution < 1.29 is 0 Å². The zero-order valence-electron chi connectivity index (χ0n) is 13.0. The van der Waals surface area contributed by atoms with Crippen molar-refractivity contribution in [2.24, 2.45) is 0 Å². The molecular formula is C19H17N5. The van der Waals surface area contributed by atoms with Crippen LogP contribution in [0.15, 0.2) is 91.8 Å². The number of nitrogens with zero attached hydrogens (tertiary/aromatic N) is 3. The van der Waals surface area contributed by atoms with Gasteiger partial charge in [-0.25, -0.2) is 9.97 Å². The third kappa shape index (κ3) is 4.27. The van der Waals surface area contributed by atoms with Crippen molar-refractivity contribution in [2.75, 3.05) is 0 Å². The van der Waals surface area contributed by atoms with Crippen LogP contribution in [0.3, 0.4) is 0 Å². The lowest BCUT2D eigenvalue weighted by Gasteiger charge is -1.81. The molecule has 5 aromatic rings. The summed E-state index contributed by atoms with van der Waals surface area (Å²) in [5.41, 5.74) is 4.24.